The van der Waals surface area contributed by atoms with Gasteiger partial charge in [-0.2, -0.15) is 0 Å². The third kappa shape index (κ3) is 4.03. The molecule has 0 spiro atoms. The standard InChI is InChI=1S/C19H17ClN2O2/c20-18-9-5-4-8-16(18)17(14-6-2-1-3-7-14)12-19(23)21-13-15-10-11-24-22-15/h1-11,17H,12-13H2,(H,21,23)/t17-/m1/s1. The Morgan fingerprint density at radius 1 is 1.08 bits per heavy atom. The van der Waals surface area contributed by atoms with E-state index in [2.05, 4.69) is 10.5 Å². The molecule has 3 rings (SSSR count). The second kappa shape index (κ2) is 7.79. The highest BCUT2D eigenvalue weighted by Gasteiger charge is 2.20. The fraction of sp³-hybridized carbons (Fsp3) is 0.158. The molecule has 0 bridgehead atoms. The summed E-state index contributed by atoms with van der Waals surface area (Å²) in [6.45, 7) is 0.347. The number of benzene rings is 2. The molecule has 1 amide bonds. The molecule has 2 aromatic carbocycles. The van der Waals surface area contributed by atoms with E-state index in [0.29, 0.717) is 23.7 Å². The zero-order valence-corrected chi connectivity index (χ0v) is 13.7. The van der Waals surface area contributed by atoms with E-state index in [0.717, 1.165) is 11.1 Å². The van der Waals surface area contributed by atoms with Gasteiger partial charge in [-0.15, -0.1) is 0 Å². The smallest absolute Gasteiger partial charge is 0.221 e. The molecule has 0 aliphatic heterocycles. The van der Waals surface area contributed by atoms with Crippen molar-refractivity contribution < 1.29 is 9.32 Å². The number of nitrogens with zero attached hydrogens (tertiary/aromatic N) is 1. The summed E-state index contributed by atoms with van der Waals surface area (Å²) in [5.41, 5.74) is 2.70. The molecule has 0 radical (unpaired) electrons. The summed E-state index contributed by atoms with van der Waals surface area (Å²) in [7, 11) is 0. The molecule has 4 nitrogen and oxygen atoms in total. The van der Waals surface area contributed by atoms with E-state index < -0.39 is 0 Å². The molecule has 3 aromatic rings. The molecule has 0 unspecified atom stereocenters. The highest BCUT2D eigenvalue weighted by Crippen LogP contribution is 2.32. The summed E-state index contributed by atoms with van der Waals surface area (Å²) in [5, 5.41) is 7.32. The first kappa shape index (κ1) is 16.3. The van der Waals surface area contributed by atoms with Crippen molar-refractivity contribution in [2.75, 3.05) is 0 Å². The van der Waals surface area contributed by atoms with Gasteiger partial charge in [0.25, 0.3) is 0 Å². The van der Waals surface area contributed by atoms with Crippen molar-refractivity contribution in [2.24, 2.45) is 0 Å². The van der Waals surface area contributed by atoms with Crippen LogP contribution >= 0.6 is 11.6 Å². The van der Waals surface area contributed by atoms with Crippen LogP contribution in [0, 0.1) is 0 Å². The van der Waals surface area contributed by atoms with Gasteiger partial charge in [0, 0.05) is 23.4 Å². The molecule has 0 saturated carbocycles. The summed E-state index contributed by atoms with van der Waals surface area (Å²) >= 11 is 6.36. The number of halogens is 1. The van der Waals surface area contributed by atoms with Gasteiger partial charge in [-0.1, -0.05) is 65.3 Å². The molecule has 0 aliphatic rings. The zero-order valence-electron chi connectivity index (χ0n) is 13.0. The lowest BCUT2D eigenvalue weighted by molar-refractivity contribution is -0.121. The molecule has 5 heteroatoms. The van der Waals surface area contributed by atoms with E-state index in [1.165, 1.54) is 6.26 Å². The third-order valence-corrected chi connectivity index (χ3v) is 4.17. The Labute approximate surface area is 145 Å². The fourth-order valence-electron chi connectivity index (χ4n) is 2.63. The predicted octanol–water partition coefficient (Wildman–Crippen LogP) is 4.17. The molecule has 0 aliphatic carbocycles. The van der Waals surface area contributed by atoms with Crippen LogP contribution in [-0.2, 0) is 11.3 Å². The van der Waals surface area contributed by atoms with Crippen LogP contribution in [0.25, 0.3) is 0 Å². The van der Waals surface area contributed by atoms with Crippen LogP contribution in [0.15, 0.2) is 71.4 Å². The maximum atomic E-state index is 12.4. The largest absolute Gasteiger partial charge is 0.364 e. The van der Waals surface area contributed by atoms with Crippen LogP contribution < -0.4 is 5.32 Å². The molecule has 1 atom stereocenters. The number of amides is 1. The molecule has 1 aromatic heterocycles. The second-order valence-corrected chi connectivity index (χ2v) is 5.86. The molecular weight excluding hydrogens is 324 g/mol. The summed E-state index contributed by atoms with van der Waals surface area (Å²) in [4.78, 5) is 12.4. The molecule has 1 N–H and O–H groups in total. The van der Waals surface area contributed by atoms with Crippen LogP contribution in [0.2, 0.25) is 5.02 Å². The minimum absolute atomic E-state index is 0.0632. The van der Waals surface area contributed by atoms with E-state index in [1.54, 1.807) is 6.07 Å². The SMILES string of the molecule is O=C(C[C@H](c1ccccc1)c1ccccc1Cl)NCc1ccon1. The van der Waals surface area contributed by atoms with Crippen molar-refractivity contribution in [1.29, 1.82) is 0 Å². The lowest BCUT2D eigenvalue weighted by Gasteiger charge is -2.19. The van der Waals surface area contributed by atoms with Crippen LogP contribution in [0.4, 0.5) is 0 Å². The average molecular weight is 341 g/mol. The summed E-state index contributed by atoms with van der Waals surface area (Å²) in [6.07, 6.45) is 1.80. The molecular formula is C19H17ClN2O2. The monoisotopic (exact) mass is 340 g/mol. The Hall–Kier alpha value is -2.59. The number of nitrogens with one attached hydrogen (secondary N) is 1. The average Bonchev–Trinajstić information content (AvgIpc) is 3.13. The van der Waals surface area contributed by atoms with Gasteiger partial charge in [0.15, 0.2) is 0 Å². The van der Waals surface area contributed by atoms with E-state index in [-0.39, 0.29) is 11.8 Å². The molecule has 0 fully saturated rings. The van der Waals surface area contributed by atoms with Gasteiger partial charge in [-0.3, -0.25) is 4.79 Å². The normalized spacial score (nSPS) is 11.9. The quantitative estimate of drug-likeness (QED) is 0.732. The van der Waals surface area contributed by atoms with E-state index >= 15 is 0 Å². The van der Waals surface area contributed by atoms with Crippen molar-refractivity contribution in [3.63, 3.8) is 0 Å². The topological polar surface area (TPSA) is 55.1 Å². The Morgan fingerprint density at radius 3 is 2.54 bits per heavy atom. The first-order chi connectivity index (χ1) is 11.7. The minimum Gasteiger partial charge on any atom is -0.364 e. The Bertz CT molecular complexity index is 788. The lowest BCUT2D eigenvalue weighted by atomic mass is 9.88. The van der Waals surface area contributed by atoms with Crippen molar-refractivity contribution >= 4 is 17.5 Å². The number of carbonyl (C=O) groups is 1. The van der Waals surface area contributed by atoms with Crippen molar-refractivity contribution in [3.8, 4) is 0 Å². The highest BCUT2D eigenvalue weighted by atomic mass is 35.5. The number of carbonyl (C=O) groups excluding carboxylic acids is 1. The second-order valence-electron chi connectivity index (χ2n) is 5.46. The Kier molecular flexibility index (Phi) is 5.29. The van der Waals surface area contributed by atoms with Crippen LogP contribution in [0.1, 0.15) is 29.2 Å². The maximum Gasteiger partial charge on any atom is 0.221 e. The van der Waals surface area contributed by atoms with Crippen LogP contribution in [0.5, 0.6) is 0 Å². The molecule has 0 saturated heterocycles. The van der Waals surface area contributed by atoms with Gasteiger partial charge in [0.05, 0.1) is 6.54 Å². The lowest BCUT2D eigenvalue weighted by Crippen LogP contribution is -2.25. The minimum atomic E-state index is -0.0998. The summed E-state index contributed by atoms with van der Waals surface area (Å²) in [6, 6.07) is 19.3. The van der Waals surface area contributed by atoms with Gasteiger partial charge in [-0.05, 0) is 17.2 Å². The predicted molar refractivity (Wildman–Crippen MR) is 92.7 cm³/mol. The van der Waals surface area contributed by atoms with Crippen molar-refractivity contribution in [1.82, 2.24) is 10.5 Å². The van der Waals surface area contributed by atoms with Crippen molar-refractivity contribution in [3.05, 3.63) is 88.8 Å². The number of hydrogen-bond acceptors (Lipinski definition) is 3. The first-order valence-corrected chi connectivity index (χ1v) is 8.07. The highest BCUT2D eigenvalue weighted by molar-refractivity contribution is 6.31. The van der Waals surface area contributed by atoms with Gasteiger partial charge in [0.1, 0.15) is 12.0 Å². The maximum absolute atomic E-state index is 12.4. The van der Waals surface area contributed by atoms with Gasteiger partial charge in [0.2, 0.25) is 5.91 Å². The van der Waals surface area contributed by atoms with Gasteiger partial charge >= 0.3 is 0 Å². The van der Waals surface area contributed by atoms with E-state index in [9.17, 15) is 4.79 Å². The van der Waals surface area contributed by atoms with E-state index in [1.807, 2.05) is 54.6 Å². The summed E-state index contributed by atoms with van der Waals surface area (Å²) in [5.74, 6) is -0.163. The number of aromatic nitrogens is 1. The van der Waals surface area contributed by atoms with Gasteiger partial charge < -0.3 is 9.84 Å². The third-order valence-electron chi connectivity index (χ3n) is 3.83. The first-order valence-electron chi connectivity index (χ1n) is 7.69. The fourth-order valence-corrected chi connectivity index (χ4v) is 2.89. The number of hydrogen-bond donors (Lipinski definition) is 1. The van der Waals surface area contributed by atoms with Gasteiger partial charge in [-0.25, -0.2) is 0 Å². The Balaban J connectivity index is 1.78. The number of rotatable bonds is 6. The van der Waals surface area contributed by atoms with Crippen molar-refractivity contribution in [2.45, 2.75) is 18.9 Å². The Morgan fingerprint density at radius 2 is 1.83 bits per heavy atom. The van der Waals surface area contributed by atoms with Crippen LogP contribution in [-0.4, -0.2) is 11.1 Å². The van der Waals surface area contributed by atoms with E-state index in [4.69, 9.17) is 16.1 Å². The summed E-state index contributed by atoms with van der Waals surface area (Å²) < 4.78 is 4.76. The zero-order chi connectivity index (χ0) is 16.8. The molecule has 24 heavy (non-hydrogen) atoms. The molecule has 122 valence electrons. The molecule has 1 heterocycles. The van der Waals surface area contributed by atoms with Crippen LogP contribution in [0.3, 0.4) is 0 Å².